The minimum atomic E-state index is 1.13. The van der Waals surface area contributed by atoms with Crippen LogP contribution in [0.1, 0.15) is 33.6 Å². The van der Waals surface area contributed by atoms with Crippen molar-refractivity contribution < 1.29 is 0 Å². The van der Waals surface area contributed by atoms with Crippen molar-refractivity contribution in [2.75, 3.05) is 0 Å². The van der Waals surface area contributed by atoms with Crippen molar-refractivity contribution in [1.29, 1.82) is 0 Å². The highest BCUT2D eigenvalue weighted by Crippen LogP contribution is 1.85. The van der Waals surface area contributed by atoms with Gasteiger partial charge in [-0.1, -0.05) is 64.1 Å². The lowest BCUT2D eigenvalue weighted by atomic mass is 10.2. The van der Waals surface area contributed by atoms with E-state index in [9.17, 15) is 0 Å². The van der Waals surface area contributed by atoms with Gasteiger partial charge >= 0.3 is 0 Å². The van der Waals surface area contributed by atoms with E-state index < -0.39 is 0 Å². The third-order valence-corrected chi connectivity index (χ3v) is 1.71. The van der Waals surface area contributed by atoms with Crippen molar-refractivity contribution in [3.05, 3.63) is 34.7 Å². The molecule has 0 aliphatic carbocycles. The number of hydrogen-bond donors (Lipinski definition) is 0. The third kappa shape index (κ3) is 4.51. The highest BCUT2D eigenvalue weighted by Gasteiger charge is 1.79. The van der Waals surface area contributed by atoms with Crippen molar-refractivity contribution >= 4 is 12.7 Å². The maximum Gasteiger partial charge on any atom is -0.0230 e. The molecule has 0 aromatic heterocycles. The summed E-state index contributed by atoms with van der Waals surface area (Å²) in [5.41, 5.74) is 0. The molecule has 13 heavy (non-hydrogen) atoms. The van der Waals surface area contributed by atoms with Gasteiger partial charge in [0.05, 0.1) is 0 Å². The first-order valence-electron chi connectivity index (χ1n) is 5.08. The minimum Gasteiger partial charge on any atom is -0.0912 e. The largest absolute Gasteiger partial charge is 0.0912 e. The molecule has 72 valence electrons. The highest BCUT2D eigenvalue weighted by molar-refractivity contribution is 5.25. The molecule has 0 amide bonds. The Hall–Kier alpha value is -1.04. The second-order valence-corrected chi connectivity index (χ2v) is 2.69. The molecular weight excluding hydrogens is 156 g/mol. The van der Waals surface area contributed by atoms with Gasteiger partial charge in [0, 0.05) is 0 Å². The van der Waals surface area contributed by atoms with Crippen LogP contribution in [-0.4, -0.2) is 0 Å². The quantitative estimate of drug-likeness (QED) is 0.650. The van der Waals surface area contributed by atoms with E-state index in [0.29, 0.717) is 0 Å². The molecule has 0 aliphatic heterocycles. The minimum absolute atomic E-state index is 1.13. The summed E-state index contributed by atoms with van der Waals surface area (Å²) in [7, 11) is 0. The summed E-state index contributed by atoms with van der Waals surface area (Å²) in [6.45, 7) is 10.1. The smallest absolute Gasteiger partial charge is 0.0230 e. The molecule has 0 spiro atoms. The van der Waals surface area contributed by atoms with E-state index in [2.05, 4.69) is 31.7 Å². The van der Waals surface area contributed by atoms with Crippen LogP contribution in [0.3, 0.4) is 0 Å². The van der Waals surface area contributed by atoms with Crippen LogP contribution in [0.4, 0.5) is 0 Å². The Kier molecular flexibility index (Phi) is 6.99. The lowest BCUT2D eigenvalue weighted by molar-refractivity contribution is 0.991. The lowest BCUT2D eigenvalue weighted by Crippen LogP contribution is -2.21. The number of benzene rings is 1. The summed E-state index contributed by atoms with van der Waals surface area (Å²) in [6, 6.07) is 8.22. The van der Waals surface area contributed by atoms with Crippen LogP contribution in [0.2, 0.25) is 0 Å². The summed E-state index contributed by atoms with van der Waals surface area (Å²) in [4.78, 5) is 0. The average Bonchev–Trinajstić information content (AvgIpc) is 2.20. The second kappa shape index (κ2) is 7.60. The first kappa shape index (κ1) is 12.0. The van der Waals surface area contributed by atoms with Crippen molar-refractivity contribution in [2.24, 2.45) is 0 Å². The van der Waals surface area contributed by atoms with Crippen LogP contribution >= 0.6 is 0 Å². The number of hydrogen-bond acceptors (Lipinski definition) is 0. The fraction of sp³-hybridized carbons (Fsp3) is 0.385. The molecule has 1 aromatic carbocycles. The Morgan fingerprint density at radius 1 is 1.23 bits per heavy atom. The van der Waals surface area contributed by atoms with Crippen LogP contribution in [-0.2, 0) is 0 Å². The topological polar surface area (TPSA) is 0 Å². The van der Waals surface area contributed by atoms with Crippen LogP contribution in [0, 0.1) is 0 Å². The monoisotopic (exact) mass is 176 g/mol. The summed E-state index contributed by atoms with van der Waals surface area (Å²) >= 11 is 0. The van der Waals surface area contributed by atoms with Gasteiger partial charge in [-0.25, -0.2) is 0 Å². The van der Waals surface area contributed by atoms with Crippen LogP contribution in [0.5, 0.6) is 0 Å². The molecule has 0 saturated carbocycles. The zero-order valence-corrected chi connectivity index (χ0v) is 9.01. The Morgan fingerprint density at radius 2 is 1.85 bits per heavy atom. The molecule has 0 nitrogen and oxygen atoms in total. The second-order valence-electron chi connectivity index (χ2n) is 2.69. The van der Waals surface area contributed by atoms with Crippen LogP contribution < -0.4 is 10.4 Å². The van der Waals surface area contributed by atoms with Gasteiger partial charge in [-0.15, -0.1) is 0 Å². The maximum atomic E-state index is 3.94. The molecule has 0 N–H and O–H groups in total. The Bertz CT molecular complexity index is 309. The molecule has 0 heterocycles. The van der Waals surface area contributed by atoms with Crippen molar-refractivity contribution in [3.63, 3.8) is 0 Å². The molecule has 0 bridgehead atoms. The SMILES string of the molecule is C=c1cccc/c1=C/CCC.CC. The van der Waals surface area contributed by atoms with E-state index in [-0.39, 0.29) is 0 Å². The van der Waals surface area contributed by atoms with E-state index >= 15 is 0 Å². The molecule has 0 saturated heterocycles. The molecule has 0 aliphatic rings. The number of rotatable bonds is 2. The fourth-order valence-corrected chi connectivity index (χ4v) is 1.03. The summed E-state index contributed by atoms with van der Waals surface area (Å²) in [5, 5.41) is 2.40. The van der Waals surface area contributed by atoms with Gasteiger partial charge in [0.2, 0.25) is 0 Å². The van der Waals surface area contributed by atoms with Crippen molar-refractivity contribution in [3.8, 4) is 0 Å². The van der Waals surface area contributed by atoms with Crippen LogP contribution in [0.25, 0.3) is 12.7 Å². The van der Waals surface area contributed by atoms with E-state index in [1.807, 2.05) is 26.0 Å². The van der Waals surface area contributed by atoms with Gasteiger partial charge in [-0.3, -0.25) is 0 Å². The molecule has 0 heteroatoms. The zero-order chi connectivity index (χ0) is 10.1. The lowest BCUT2D eigenvalue weighted by Gasteiger charge is -1.87. The summed E-state index contributed by atoms with van der Waals surface area (Å²) in [5.74, 6) is 0. The van der Waals surface area contributed by atoms with E-state index in [0.717, 1.165) is 11.6 Å². The van der Waals surface area contributed by atoms with Crippen molar-refractivity contribution in [2.45, 2.75) is 33.6 Å². The predicted octanol–water partition coefficient (Wildman–Crippen LogP) is 2.70. The van der Waals surface area contributed by atoms with Gasteiger partial charge in [0.25, 0.3) is 0 Å². The van der Waals surface area contributed by atoms with Gasteiger partial charge in [-0.2, -0.15) is 0 Å². The summed E-state index contributed by atoms with van der Waals surface area (Å²) in [6.07, 6.45) is 4.59. The highest BCUT2D eigenvalue weighted by atomic mass is 13.8. The molecule has 0 unspecified atom stereocenters. The van der Waals surface area contributed by atoms with E-state index in [4.69, 9.17) is 0 Å². The zero-order valence-electron chi connectivity index (χ0n) is 9.01. The molecule has 0 atom stereocenters. The van der Waals surface area contributed by atoms with Crippen LogP contribution in [0.15, 0.2) is 24.3 Å². The molecular formula is C13H20. The fourth-order valence-electron chi connectivity index (χ4n) is 1.03. The van der Waals surface area contributed by atoms with Crippen molar-refractivity contribution in [1.82, 2.24) is 0 Å². The Labute approximate surface area is 81.6 Å². The Balaban J connectivity index is 0.000000671. The summed E-state index contributed by atoms with van der Waals surface area (Å²) < 4.78 is 0. The van der Waals surface area contributed by atoms with E-state index in [1.54, 1.807) is 0 Å². The predicted molar refractivity (Wildman–Crippen MR) is 61.9 cm³/mol. The standard InChI is InChI=1S/C11H14.C2H6/c1-3-4-8-11-9-6-5-7-10(11)2;1-2/h5-9H,2-4H2,1H3;1-2H3/b11-8-;. The molecule has 0 radical (unpaired) electrons. The maximum absolute atomic E-state index is 3.94. The first-order chi connectivity index (χ1) is 6.34. The Morgan fingerprint density at radius 3 is 2.38 bits per heavy atom. The van der Waals surface area contributed by atoms with Gasteiger partial charge in [0.15, 0.2) is 0 Å². The molecule has 1 aromatic rings. The molecule has 0 fully saturated rings. The van der Waals surface area contributed by atoms with Gasteiger partial charge in [-0.05, 0) is 16.9 Å². The van der Waals surface area contributed by atoms with Gasteiger partial charge < -0.3 is 0 Å². The average molecular weight is 176 g/mol. The normalized spacial score (nSPS) is 10.5. The molecule has 1 rings (SSSR count). The van der Waals surface area contributed by atoms with Gasteiger partial charge in [0.1, 0.15) is 0 Å². The number of unbranched alkanes of at least 4 members (excludes halogenated alkanes) is 1. The third-order valence-electron chi connectivity index (χ3n) is 1.71. The first-order valence-corrected chi connectivity index (χ1v) is 5.08. The van der Waals surface area contributed by atoms with E-state index in [1.165, 1.54) is 11.6 Å².